The molecule has 11 heteroatoms. The Morgan fingerprint density at radius 1 is 1.26 bits per heavy atom. The van der Waals surface area contributed by atoms with E-state index in [1.165, 1.54) is 31.1 Å². The van der Waals surface area contributed by atoms with E-state index in [1.807, 2.05) is 45.2 Å². The zero-order chi connectivity index (χ0) is 26.8. The van der Waals surface area contributed by atoms with E-state index in [9.17, 15) is 9.18 Å². The highest BCUT2D eigenvalue weighted by molar-refractivity contribution is 6.31. The third-order valence-corrected chi connectivity index (χ3v) is 6.54. The van der Waals surface area contributed by atoms with Crippen LogP contribution in [0.1, 0.15) is 46.7 Å². The standard InChI is InChI=1S/C27H24ClFN6O3/c1-4-22(34-27(36)23-12-37-14-31-23)18-9-16(29)10-21(28)20(18)11-38-24-7-5-6-17-19(8-15(2)33-25(17)24)26-30-13-32-35(26)3/h5-10,12-14,22H,4,11H2,1-3H3,(H,34,36)/t22-/m0/s1. The van der Waals surface area contributed by atoms with Gasteiger partial charge in [0.25, 0.3) is 5.91 Å². The summed E-state index contributed by atoms with van der Waals surface area (Å²) in [6, 6.07) is 9.63. The third kappa shape index (κ3) is 4.95. The molecule has 0 aliphatic carbocycles. The van der Waals surface area contributed by atoms with Crippen molar-refractivity contribution in [3.8, 4) is 17.1 Å². The molecule has 3 aromatic heterocycles. The van der Waals surface area contributed by atoms with Crippen LogP contribution in [0.15, 0.2) is 59.8 Å². The minimum Gasteiger partial charge on any atom is -0.487 e. The maximum Gasteiger partial charge on any atom is 0.273 e. The summed E-state index contributed by atoms with van der Waals surface area (Å²) in [5.74, 6) is 0.275. The lowest BCUT2D eigenvalue weighted by Crippen LogP contribution is -2.29. The number of nitrogens with one attached hydrogen (secondary N) is 1. The van der Waals surface area contributed by atoms with Crippen molar-refractivity contribution >= 4 is 28.4 Å². The Bertz CT molecular complexity index is 1620. The molecule has 38 heavy (non-hydrogen) atoms. The number of pyridine rings is 1. The van der Waals surface area contributed by atoms with Crippen molar-refractivity contribution in [1.29, 1.82) is 0 Å². The molecule has 0 aliphatic rings. The molecule has 1 N–H and O–H groups in total. The molecule has 0 fully saturated rings. The molecule has 1 amide bonds. The van der Waals surface area contributed by atoms with Crippen molar-refractivity contribution in [3.05, 3.63) is 88.7 Å². The van der Waals surface area contributed by atoms with Crippen molar-refractivity contribution in [1.82, 2.24) is 30.0 Å². The number of carbonyl (C=O) groups excluding carboxylic acids is 1. The van der Waals surface area contributed by atoms with Crippen LogP contribution < -0.4 is 10.1 Å². The van der Waals surface area contributed by atoms with Gasteiger partial charge in [0, 0.05) is 29.3 Å². The number of benzene rings is 2. The van der Waals surface area contributed by atoms with Crippen molar-refractivity contribution in [2.24, 2.45) is 7.05 Å². The van der Waals surface area contributed by atoms with E-state index in [0.717, 1.165) is 16.6 Å². The first kappa shape index (κ1) is 25.3. The number of hydrogen-bond acceptors (Lipinski definition) is 7. The lowest BCUT2D eigenvalue weighted by molar-refractivity contribution is 0.0930. The monoisotopic (exact) mass is 534 g/mol. The molecular formula is C27H24ClFN6O3. The van der Waals surface area contributed by atoms with Crippen LogP contribution in [0, 0.1) is 12.7 Å². The molecule has 9 nitrogen and oxygen atoms in total. The Labute approximate surface area is 222 Å². The molecule has 2 aromatic carbocycles. The molecule has 0 aliphatic heterocycles. The van der Waals surface area contributed by atoms with Crippen molar-refractivity contribution < 1.29 is 18.3 Å². The van der Waals surface area contributed by atoms with Gasteiger partial charge in [-0.15, -0.1) is 0 Å². The van der Waals surface area contributed by atoms with Gasteiger partial charge in [-0.25, -0.2) is 24.0 Å². The number of fused-ring (bicyclic) bond motifs is 1. The van der Waals surface area contributed by atoms with Gasteiger partial charge in [0.05, 0.1) is 11.1 Å². The first-order valence-corrected chi connectivity index (χ1v) is 12.3. The van der Waals surface area contributed by atoms with Gasteiger partial charge in [0.2, 0.25) is 0 Å². The number of aryl methyl sites for hydroxylation is 2. The van der Waals surface area contributed by atoms with E-state index in [1.54, 1.807) is 4.68 Å². The molecule has 0 spiro atoms. The quantitative estimate of drug-likeness (QED) is 0.277. The van der Waals surface area contributed by atoms with Gasteiger partial charge in [0.1, 0.15) is 36.3 Å². The summed E-state index contributed by atoms with van der Waals surface area (Å²) < 4.78 is 27.3. The minimum atomic E-state index is -0.540. The third-order valence-electron chi connectivity index (χ3n) is 6.20. The van der Waals surface area contributed by atoms with Gasteiger partial charge in [-0.2, -0.15) is 5.10 Å². The second kappa shape index (κ2) is 10.6. The Kier molecular flexibility index (Phi) is 7.06. The summed E-state index contributed by atoms with van der Waals surface area (Å²) in [4.78, 5) is 25.6. The Morgan fingerprint density at radius 2 is 2.11 bits per heavy atom. The smallest absolute Gasteiger partial charge is 0.273 e. The second-order valence-corrected chi connectivity index (χ2v) is 9.13. The van der Waals surface area contributed by atoms with Gasteiger partial charge in [-0.3, -0.25) is 4.79 Å². The molecule has 5 rings (SSSR count). The SMILES string of the molecule is CC[C@H](NC(=O)c1cocn1)c1cc(F)cc(Cl)c1COc1cccc2c(-c3ncnn3C)cc(C)nc12. The number of aromatic nitrogens is 5. The fourth-order valence-electron chi connectivity index (χ4n) is 4.38. The molecule has 0 saturated carbocycles. The lowest BCUT2D eigenvalue weighted by Gasteiger charge is -2.22. The fourth-order valence-corrected chi connectivity index (χ4v) is 4.65. The van der Waals surface area contributed by atoms with Crippen LogP contribution in [0.4, 0.5) is 4.39 Å². The molecule has 1 atom stereocenters. The summed E-state index contributed by atoms with van der Waals surface area (Å²) in [5, 5.41) is 8.10. The molecule has 194 valence electrons. The maximum absolute atomic E-state index is 14.5. The first-order chi connectivity index (χ1) is 18.4. The zero-order valence-corrected chi connectivity index (χ0v) is 21.7. The van der Waals surface area contributed by atoms with Crippen LogP contribution in [0.2, 0.25) is 5.02 Å². The first-order valence-electron chi connectivity index (χ1n) is 11.9. The van der Waals surface area contributed by atoms with E-state index in [-0.39, 0.29) is 17.3 Å². The van der Waals surface area contributed by atoms with Crippen LogP contribution in [0.25, 0.3) is 22.3 Å². The van der Waals surface area contributed by atoms with Gasteiger partial charge in [0.15, 0.2) is 17.9 Å². The van der Waals surface area contributed by atoms with E-state index < -0.39 is 17.8 Å². The van der Waals surface area contributed by atoms with E-state index in [0.29, 0.717) is 34.6 Å². The van der Waals surface area contributed by atoms with Gasteiger partial charge in [-0.1, -0.05) is 30.7 Å². The maximum atomic E-state index is 14.5. The van der Waals surface area contributed by atoms with E-state index in [2.05, 4.69) is 20.4 Å². The highest BCUT2D eigenvalue weighted by Crippen LogP contribution is 2.34. The molecule has 0 radical (unpaired) electrons. The van der Waals surface area contributed by atoms with Crippen molar-refractivity contribution in [3.63, 3.8) is 0 Å². The number of rotatable bonds is 8. The number of carbonyl (C=O) groups is 1. The van der Waals surface area contributed by atoms with Gasteiger partial charge >= 0.3 is 0 Å². The number of oxazole rings is 1. The Balaban J connectivity index is 1.49. The highest BCUT2D eigenvalue weighted by atomic mass is 35.5. The number of para-hydroxylation sites is 1. The second-order valence-electron chi connectivity index (χ2n) is 8.72. The number of hydrogen-bond donors (Lipinski definition) is 1. The van der Waals surface area contributed by atoms with Gasteiger partial charge in [-0.05, 0) is 43.2 Å². The molecule has 3 heterocycles. The highest BCUT2D eigenvalue weighted by Gasteiger charge is 2.22. The average Bonchev–Trinajstić information content (AvgIpc) is 3.58. The zero-order valence-electron chi connectivity index (χ0n) is 20.9. The Hall–Kier alpha value is -4.31. The van der Waals surface area contributed by atoms with Gasteiger partial charge < -0.3 is 14.5 Å². The van der Waals surface area contributed by atoms with Crippen molar-refractivity contribution in [2.45, 2.75) is 32.9 Å². The van der Waals surface area contributed by atoms with E-state index in [4.69, 9.17) is 25.7 Å². The van der Waals surface area contributed by atoms with Crippen LogP contribution >= 0.6 is 11.6 Å². The molecule has 0 unspecified atom stereocenters. The number of nitrogens with zero attached hydrogens (tertiary/aromatic N) is 5. The summed E-state index contributed by atoms with van der Waals surface area (Å²) in [6.45, 7) is 3.80. The number of amides is 1. The number of halogens is 2. The predicted molar refractivity (Wildman–Crippen MR) is 139 cm³/mol. The molecule has 5 aromatic rings. The summed E-state index contributed by atoms with van der Waals surface area (Å²) in [6.07, 6.45) is 4.40. The number of ether oxygens (including phenoxy) is 1. The molecular weight excluding hydrogens is 511 g/mol. The molecule has 0 bridgehead atoms. The largest absolute Gasteiger partial charge is 0.487 e. The van der Waals surface area contributed by atoms with E-state index >= 15 is 0 Å². The lowest BCUT2D eigenvalue weighted by atomic mass is 9.98. The topological polar surface area (TPSA) is 108 Å². The predicted octanol–water partition coefficient (Wildman–Crippen LogP) is 5.58. The van der Waals surface area contributed by atoms with Crippen LogP contribution in [-0.4, -0.2) is 30.6 Å². The summed E-state index contributed by atoms with van der Waals surface area (Å²) in [7, 11) is 1.83. The van der Waals surface area contributed by atoms with Crippen LogP contribution in [0.3, 0.4) is 0 Å². The Morgan fingerprint density at radius 3 is 2.82 bits per heavy atom. The average molecular weight is 535 g/mol. The fraction of sp³-hybridized carbons (Fsp3) is 0.222. The minimum absolute atomic E-state index is 0.0266. The van der Waals surface area contributed by atoms with Crippen molar-refractivity contribution in [2.75, 3.05) is 0 Å². The summed E-state index contributed by atoms with van der Waals surface area (Å²) >= 11 is 6.50. The molecule has 0 saturated heterocycles. The van der Waals surface area contributed by atoms with Crippen LogP contribution in [0.5, 0.6) is 5.75 Å². The summed E-state index contributed by atoms with van der Waals surface area (Å²) in [5.41, 5.74) is 3.50. The van der Waals surface area contributed by atoms with Crippen LogP contribution in [-0.2, 0) is 13.7 Å². The normalized spacial score (nSPS) is 12.0.